The van der Waals surface area contributed by atoms with E-state index in [4.69, 9.17) is 0 Å². The second kappa shape index (κ2) is 9.64. The summed E-state index contributed by atoms with van der Waals surface area (Å²) < 4.78 is 0. The maximum atomic E-state index is 2.46. The molecule has 0 aromatic heterocycles. The Morgan fingerprint density at radius 2 is 0.784 bits per heavy atom. The molecular weight excluding hydrogens is 444 g/mol. The van der Waals surface area contributed by atoms with Gasteiger partial charge in [0.1, 0.15) is 0 Å². The molecule has 4 aromatic carbocycles. The number of hydrogen-bond donors (Lipinski definition) is 0. The second-order valence-electron chi connectivity index (χ2n) is 11.8. The fourth-order valence-corrected chi connectivity index (χ4v) is 7.91. The average Bonchev–Trinajstić information content (AvgIpc) is 3.30. The maximum Gasteiger partial charge on any atom is 0.0713 e. The van der Waals surface area contributed by atoms with Gasteiger partial charge in [0, 0.05) is 0 Å². The highest BCUT2D eigenvalue weighted by molar-refractivity contribution is 5.86. The molecule has 0 aliphatic heterocycles. The Balaban J connectivity index is 1.39. The van der Waals surface area contributed by atoms with Crippen molar-refractivity contribution in [3.63, 3.8) is 0 Å². The Morgan fingerprint density at radius 3 is 1.19 bits per heavy atom. The summed E-state index contributed by atoms with van der Waals surface area (Å²) in [5.41, 5.74) is 11.2. The predicted molar refractivity (Wildman–Crippen MR) is 155 cm³/mol. The van der Waals surface area contributed by atoms with Crippen LogP contribution in [0.1, 0.15) is 109 Å². The van der Waals surface area contributed by atoms with Crippen LogP contribution in [-0.2, 0) is 5.41 Å². The summed E-state index contributed by atoms with van der Waals surface area (Å²) >= 11 is 0. The molecule has 0 saturated heterocycles. The van der Waals surface area contributed by atoms with E-state index >= 15 is 0 Å². The minimum absolute atomic E-state index is 0.274. The van der Waals surface area contributed by atoms with Crippen LogP contribution in [-0.4, -0.2) is 0 Å². The first-order valence-corrected chi connectivity index (χ1v) is 14.8. The van der Waals surface area contributed by atoms with Crippen LogP contribution >= 0.6 is 0 Å². The van der Waals surface area contributed by atoms with Crippen LogP contribution in [0.2, 0.25) is 0 Å². The Labute approximate surface area is 222 Å². The first-order chi connectivity index (χ1) is 18.4. The van der Waals surface area contributed by atoms with Crippen LogP contribution in [0.15, 0.2) is 97.1 Å². The Kier molecular flexibility index (Phi) is 6.00. The van der Waals surface area contributed by atoms with Crippen LogP contribution in [0, 0.1) is 0 Å². The minimum Gasteiger partial charge on any atom is -0.0619 e. The van der Waals surface area contributed by atoms with Crippen LogP contribution in [0.25, 0.3) is 11.1 Å². The summed E-state index contributed by atoms with van der Waals surface area (Å²) in [7, 11) is 0. The molecule has 2 saturated carbocycles. The molecular formula is C37H38. The summed E-state index contributed by atoms with van der Waals surface area (Å²) in [5, 5.41) is 0. The van der Waals surface area contributed by atoms with Gasteiger partial charge in [-0.05, 0) is 82.0 Å². The maximum absolute atomic E-state index is 2.46. The van der Waals surface area contributed by atoms with Crippen molar-refractivity contribution in [1.29, 1.82) is 0 Å². The smallest absolute Gasteiger partial charge is 0.0619 e. The molecule has 0 N–H and O–H groups in total. The summed E-state index contributed by atoms with van der Waals surface area (Å²) in [5.74, 6) is 1.47. The van der Waals surface area contributed by atoms with Gasteiger partial charge in [-0.25, -0.2) is 0 Å². The summed E-state index contributed by atoms with van der Waals surface area (Å²) in [6.45, 7) is 0. The molecule has 0 atom stereocenters. The molecule has 3 aliphatic rings. The van der Waals surface area contributed by atoms with Crippen molar-refractivity contribution in [2.45, 2.75) is 81.5 Å². The highest BCUT2D eigenvalue weighted by Gasteiger charge is 2.45. The zero-order valence-electron chi connectivity index (χ0n) is 22.0. The lowest BCUT2D eigenvalue weighted by molar-refractivity contribution is 0.443. The highest BCUT2D eigenvalue weighted by atomic mass is 14.5. The van der Waals surface area contributed by atoms with Gasteiger partial charge >= 0.3 is 0 Å². The van der Waals surface area contributed by atoms with Crippen LogP contribution in [0.3, 0.4) is 0 Å². The fraction of sp³-hybridized carbons (Fsp3) is 0.351. The molecule has 0 bridgehead atoms. The zero-order chi connectivity index (χ0) is 24.7. The minimum atomic E-state index is -0.274. The Morgan fingerprint density at radius 1 is 0.405 bits per heavy atom. The van der Waals surface area contributed by atoms with Gasteiger partial charge in [-0.3, -0.25) is 0 Å². The molecule has 0 spiro atoms. The number of benzene rings is 4. The molecule has 0 unspecified atom stereocenters. The molecule has 0 nitrogen and oxygen atoms in total. The van der Waals surface area contributed by atoms with Gasteiger partial charge in [0.25, 0.3) is 0 Å². The van der Waals surface area contributed by atoms with Crippen LogP contribution in [0.4, 0.5) is 0 Å². The molecule has 2 fully saturated rings. The van der Waals surface area contributed by atoms with E-state index < -0.39 is 0 Å². The van der Waals surface area contributed by atoms with E-state index in [1.165, 1.54) is 109 Å². The van der Waals surface area contributed by atoms with Crippen molar-refractivity contribution in [2.24, 2.45) is 0 Å². The van der Waals surface area contributed by atoms with Crippen molar-refractivity contribution in [3.8, 4) is 11.1 Å². The molecule has 0 amide bonds. The largest absolute Gasteiger partial charge is 0.0713 e. The van der Waals surface area contributed by atoms with Gasteiger partial charge in [-0.2, -0.15) is 0 Å². The van der Waals surface area contributed by atoms with Gasteiger partial charge < -0.3 is 0 Å². The second-order valence-corrected chi connectivity index (χ2v) is 11.8. The van der Waals surface area contributed by atoms with E-state index in [1.807, 2.05) is 0 Å². The van der Waals surface area contributed by atoms with Gasteiger partial charge in [0.2, 0.25) is 0 Å². The predicted octanol–water partition coefficient (Wildman–Crippen LogP) is 10.1. The van der Waals surface area contributed by atoms with Gasteiger partial charge in [-0.15, -0.1) is 0 Å². The van der Waals surface area contributed by atoms with E-state index in [1.54, 1.807) is 0 Å². The zero-order valence-corrected chi connectivity index (χ0v) is 22.0. The van der Waals surface area contributed by atoms with Crippen molar-refractivity contribution in [3.05, 3.63) is 130 Å². The monoisotopic (exact) mass is 482 g/mol. The molecule has 186 valence electrons. The molecule has 0 radical (unpaired) electrons. The third kappa shape index (κ3) is 3.80. The SMILES string of the molecule is c1ccc2c(c1)-c1ccccc1C2(c1ccc(C2CCCCC2)cc1)c1ccc(C2CCCCC2)cc1. The van der Waals surface area contributed by atoms with Crippen molar-refractivity contribution >= 4 is 0 Å². The summed E-state index contributed by atoms with van der Waals surface area (Å²) in [6, 6.07) is 37.9. The summed E-state index contributed by atoms with van der Waals surface area (Å²) in [6.07, 6.45) is 13.7. The van der Waals surface area contributed by atoms with Crippen LogP contribution in [0.5, 0.6) is 0 Å². The van der Waals surface area contributed by atoms with E-state index in [0.717, 1.165) is 11.8 Å². The number of fused-ring (bicyclic) bond motifs is 3. The van der Waals surface area contributed by atoms with E-state index in [9.17, 15) is 0 Å². The van der Waals surface area contributed by atoms with E-state index in [-0.39, 0.29) is 5.41 Å². The lowest BCUT2D eigenvalue weighted by Crippen LogP contribution is -2.28. The fourth-order valence-electron chi connectivity index (χ4n) is 7.91. The lowest BCUT2D eigenvalue weighted by Gasteiger charge is -2.34. The highest BCUT2D eigenvalue weighted by Crippen LogP contribution is 2.56. The average molecular weight is 483 g/mol. The normalized spacial score (nSPS) is 19.4. The first kappa shape index (κ1) is 23.0. The van der Waals surface area contributed by atoms with Crippen molar-refractivity contribution in [1.82, 2.24) is 0 Å². The van der Waals surface area contributed by atoms with Crippen molar-refractivity contribution < 1.29 is 0 Å². The number of hydrogen-bond acceptors (Lipinski definition) is 0. The Hall–Kier alpha value is -3.12. The third-order valence-electron chi connectivity index (χ3n) is 9.79. The topological polar surface area (TPSA) is 0 Å². The van der Waals surface area contributed by atoms with E-state index in [0.29, 0.717) is 0 Å². The lowest BCUT2D eigenvalue weighted by atomic mass is 9.67. The van der Waals surface area contributed by atoms with Gasteiger partial charge in [0.15, 0.2) is 0 Å². The molecule has 0 heteroatoms. The van der Waals surface area contributed by atoms with Crippen LogP contribution < -0.4 is 0 Å². The van der Waals surface area contributed by atoms with Gasteiger partial charge in [-0.1, -0.05) is 136 Å². The molecule has 37 heavy (non-hydrogen) atoms. The molecule has 4 aromatic rings. The third-order valence-corrected chi connectivity index (χ3v) is 9.79. The molecule has 3 aliphatic carbocycles. The quantitative estimate of drug-likeness (QED) is 0.239. The Bertz CT molecular complexity index is 1250. The standard InChI is InChI=1S/C37H38/c1-3-11-27(12-4-1)29-19-23-31(24-20-29)37(32-25-21-30(22-26-32)28-13-5-2-6-14-28)35-17-9-7-15-33(35)34-16-8-10-18-36(34)37/h7-10,15-28H,1-6,11-14H2. The summed E-state index contributed by atoms with van der Waals surface area (Å²) in [4.78, 5) is 0. The molecule has 0 heterocycles. The molecule has 7 rings (SSSR count). The van der Waals surface area contributed by atoms with Gasteiger partial charge in [0.05, 0.1) is 5.41 Å². The number of rotatable bonds is 4. The van der Waals surface area contributed by atoms with E-state index in [2.05, 4.69) is 97.1 Å². The first-order valence-electron chi connectivity index (χ1n) is 14.8. The van der Waals surface area contributed by atoms with Crippen molar-refractivity contribution in [2.75, 3.05) is 0 Å².